The van der Waals surface area contributed by atoms with Crippen molar-refractivity contribution in [2.45, 2.75) is 33.7 Å². The summed E-state index contributed by atoms with van der Waals surface area (Å²) in [5.74, 6) is -1.53. The summed E-state index contributed by atoms with van der Waals surface area (Å²) in [5.41, 5.74) is 8.40. The van der Waals surface area contributed by atoms with Crippen molar-refractivity contribution in [2.24, 2.45) is 5.10 Å². The molecule has 0 aliphatic rings. The zero-order valence-electron chi connectivity index (χ0n) is 17.6. The van der Waals surface area contributed by atoms with Gasteiger partial charge >= 0.3 is 11.8 Å². The van der Waals surface area contributed by atoms with E-state index in [1.807, 2.05) is 69.3 Å². The molecule has 0 aliphatic carbocycles. The van der Waals surface area contributed by atoms with Crippen molar-refractivity contribution in [1.29, 1.82) is 0 Å². The summed E-state index contributed by atoms with van der Waals surface area (Å²) in [7, 11) is 0. The van der Waals surface area contributed by atoms with E-state index < -0.39 is 11.8 Å². The van der Waals surface area contributed by atoms with Gasteiger partial charge in [-0.3, -0.25) is 9.59 Å². The summed E-state index contributed by atoms with van der Waals surface area (Å²) in [6.07, 6.45) is 1.56. The minimum absolute atomic E-state index is 0.276. The van der Waals surface area contributed by atoms with Crippen molar-refractivity contribution in [3.05, 3.63) is 88.7 Å². The van der Waals surface area contributed by atoms with Gasteiger partial charge in [0.1, 0.15) is 0 Å². The largest absolute Gasteiger partial charge is 0.341 e. The number of carbonyl (C=O) groups excluding carboxylic acids is 2. The maximum Gasteiger partial charge on any atom is 0.329 e. The average Bonchev–Trinajstić information content (AvgIpc) is 3.01. The van der Waals surface area contributed by atoms with E-state index >= 15 is 0 Å². The molecule has 2 N–H and O–H groups in total. The topological polar surface area (TPSA) is 75.5 Å². The molecule has 2 amide bonds. The third kappa shape index (κ3) is 4.84. The van der Waals surface area contributed by atoms with Crippen LogP contribution in [-0.2, 0) is 9.59 Å². The fourth-order valence-electron chi connectivity index (χ4n) is 3.38. The Hall–Kier alpha value is -3.67. The lowest BCUT2D eigenvalue weighted by atomic mass is 10.1. The van der Waals surface area contributed by atoms with E-state index in [2.05, 4.69) is 39.5 Å². The first-order valence-electron chi connectivity index (χ1n) is 9.81. The smallest absolute Gasteiger partial charge is 0.329 e. The molecule has 1 atom stereocenters. The molecule has 0 aliphatic heterocycles. The third-order valence-electron chi connectivity index (χ3n) is 4.95. The van der Waals surface area contributed by atoms with E-state index in [1.165, 1.54) is 5.56 Å². The first-order chi connectivity index (χ1) is 14.4. The van der Waals surface area contributed by atoms with E-state index in [4.69, 9.17) is 0 Å². The molecule has 1 aromatic heterocycles. The lowest BCUT2D eigenvalue weighted by molar-refractivity contribution is -0.139. The van der Waals surface area contributed by atoms with Crippen LogP contribution in [0.15, 0.2) is 65.8 Å². The summed E-state index contributed by atoms with van der Waals surface area (Å²) in [6, 6.07) is 19.4. The lowest BCUT2D eigenvalue weighted by Crippen LogP contribution is -2.39. The van der Waals surface area contributed by atoms with Crippen LogP contribution < -0.4 is 10.7 Å². The van der Waals surface area contributed by atoms with Crippen LogP contribution in [0.5, 0.6) is 0 Å². The minimum atomic E-state index is -0.804. The highest BCUT2D eigenvalue weighted by Gasteiger charge is 2.16. The SMILES string of the molecule is Cc1cccc(-n2c(C)cc(/C=N\NC(=O)C(=O)N[C@H](C)c3ccccc3)c2C)c1. The Kier molecular flexibility index (Phi) is 6.47. The molecule has 0 bridgehead atoms. The van der Waals surface area contributed by atoms with E-state index in [9.17, 15) is 9.59 Å². The molecule has 0 spiro atoms. The molecular formula is C24H26N4O2. The van der Waals surface area contributed by atoms with Crippen molar-refractivity contribution in [3.8, 4) is 5.69 Å². The van der Waals surface area contributed by atoms with Gasteiger partial charge in [0.05, 0.1) is 12.3 Å². The first kappa shape index (κ1) is 21.0. The van der Waals surface area contributed by atoms with Gasteiger partial charge in [0.2, 0.25) is 0 Å². The molecule has 0 saturated heterocycles. The number of carbonyl (C=O) groups is 2. The van der Waals surface area contributed by atoms with Crippen LogP contribution in [0.25, 0.3) is 5.69 Å². The quantitative estimate of drug-likeness (QED) is 0.388. The summed E-state index contributed by atoms with van der Waals surface area (Å²) in [4.78, 5) is 24.2. The third-order valence-corrected chi connectivity index (χ3v) is 4.95. The summed E-state index contributed by atoms with van der Waals surface area (Å²) < 4.78 is 2.13. The maximum atomic E-state index is 12.1. The van der Waals surface area contributed by atoms with Crippen LogP contribution in [0, 0.1) is 20.8 Å². The van der Waals surface area contributed by atoms with Gasteiger partial charge in [0.15, 0.2) is 0 Å². The van der Waals surface area contributed by atoms with E-state index in [-0.39, 0.29) is 6.04 Å². The molecule has 154 valence electrons. The second-order valence-corrected chi connectivity index (χ2v) is 7.31. The molecule has 0 unspecified atom stereocenters. The monoisotopic (exact) mass is 402 g/mol. The standard InChI is InChI=1S/C24H26N4O2/c1-16-9-8-12-22(13-16)28-17(2)14-21(19(28)4)15-25-27-24(30)23(29)26-18(3)20-10-6-5-7-11-20/h5-15,18H,1-4H3,(H,26,29)(H,27,30)/b25-15-/t18-/m1/s1. The number of nitrogens with one attached hydrogen (secondary N) is 2. The molecule has 1 heterocycles. The van der Waals surface area contributed by atoms with Gasteiger partial charge in [-0.05, 0) is 57.0 Å². The van der Waals surface area contributed by atoms with Crippen molar-refractivity contribution >= 4 is 18.0 Å². The molecule has 0 radical (unpaired) electrons. The van der Waals surface area contributed by atoms with E-state index in [0.29, 0.717) is 0 Å². The van der Waals surface area contributed by atoms with Crippen LogP contribution >= 0.6 is 0 Å². The molecule has 3 rings (SSSR count). The minimum Gasteiger partial charge on any atom is -0.341 e. The van der Waals surface area contributed by atoms with Crippen LogP contribution in [0.2, 0.25) is 0 Å². The van der Waals surface area contributed by atoms with Gasteiger partial charge < -0.3 is 9.88 Å². The highest BCUT2D eigenvalue weighted by atomic mass is 16.2. The Bertz CT molecular complexity index is 1080. The van der Waals surface area contributed by atoms with Crippen molar-refractivity contribution in [2.75, 3.05) is 0 Å². The molecule has 0 saturated carbocycles. The first-order valence-corrected chi connectivity index (χ1v) is 9.81. The molecular weight excluding hydrogens is 376 g/mol. The Balaban J connectivity index is 1.64. The van der Waals surface area contributed by atoms with Gasteiger partial charge in [-0.2, -0.15) is 5.10 Å². The summed E-state index contributed by atoms with van der Waals surface area (Å²) in [6.45, 7) is 7.89. The maximum absolute atomic E-state index is 12.1. The van der Waals surface area contributed by atoms with Crippen molar-refractivity contribution < 1.29 is 9.59 Å². The number of amides is 2. The molecule has 6 heteroatoms. The Morgan fingerprint density at radius 1 is 0.967 bits per heavy atom. The fraction of sp³-hybridized carbons (Fsp3) is 0.208. The van der Waals surface area contributed by atoms with Crippen molar-refractivity contribution in [1.82, 2.24) is 15.3 Å². The van der Waals surface area contributed by atoms with Crippen molar-refractivity contribution in [3.63, 3.8) is 0 Å². The highest BCUT2D eigenvalue weighted by molar-refractivity contribution is 6.35. The van der Waals surface area contributed by atoms with Gasteiger partial charge in [0, 0.05) is 22.6 Å². The molecule has 3 aromatic rings. The van der Waals surface area contributed by atoms with Crippen LogP contribution in [0.1, 0.15) is 41.0 Å². The molecule has 30 heavy (non-hydrogen) atoms. The number of aryl methyl sites for hydroxylation is 2. The number of rotatable bonds is 5. The predicted octanol–water partition coefficient (Wildman–Crippen LogP) is 3.73. The fourth-order valence-corrected chi connectivity index (χ4v) is 3.38. The zero-order chi connectivity index (χ0) is 21.7. The van der Waals surface area contributed by atoms with E-state index in [1.54, 1.807) is 6.21 Å². The number of benzene rings is 2. The van der Waals surface area contributed by atoms with E-state index in [0.717, 1.165) is 28.2 Å². The van der Waals surface area contributed by atoms with Crippen LogP contribution in [0.3, 0.4) is 0 Å². The summed E-state index contributed by atoms with van der Waals surface area (Å²) in [5, 5.41) is 6.64. The van der Waals surface area contributed by atoms with Gasteiger partial charge in [0.25, 0.3) is 0 Å². The van der Waals surface area contributed by atoms with Gasteiger partial charge in [-0.15, -0.1) is 0 Å². The number of hydrogen-bond donors (Lipinski definition) is 2. The molecule has 0 fully saturated rings. The number of nitrogens with zero attached hydrogens (tertiary/aromatic N) is 2. The lowest BCUT2D eigenvalue weighted by Gasteiger charge is -2.13. The van der Waals surface area contributed by atoms with Crippen LogP contribution in [0.4, 0.5) is 0 Å². The average molecular weight is 402 g/mol. The van der Waals surface area contributed by atoms with Crippen LogP contribution in [-0.4, -0.2) is 22.6 Å². The molecule has 2 aromatic carbocycles. The number of hydrazone groups is 1. The summed E-state index contributed by atoms with van der Waals surface area (Å²) >= 11 is 0. The Morgan fingerprint density at radius 3 is 2.40 bits per heavy atom. The molecule has 6 nitrogen and oxygen atoms in total. The zero-order valence-corrected chi connectivity index (χ0v) is 17.6. The normalized spacial score (nSPS) is 12.0. The number of hydrogen-bond acceptors (Lipinski definition) is 3. The Labute approximate surface area is 176 Å². The predicted molar refractivity (Wildman–Crippen MR) is 119 cm³/mol. The number of aromatic nitrogens is 1. The second kappa shape index (κ2) is 9.22. The highest BCUT2D eigenvalue weighted by Crippen LogP contribution is 2.20. The van der Waals surface area contributed by atoms with Gasteiger partial charge in [-0.25, -0.2) is 5.43 Å². The Morgan fingerprint density at radius 2 is 1.70 bits per heavy atom. The second-order valence-electron chi connectivity index (χ2n) is 7.31. The van der Waals surface area contributed by atoms with Gasteiger partial charge in [-0.1, -0.05) is 42.5 Å².